The zero-order valence-corrected chi connectivity index (χ0v) is 19.7. The number of likely N-dealkylation sites (N-methyl/N-ethyl adjacent to an activating group) is 1. The number of carbonyl (C=O) groups excluding carboxylic acids is 1. The molecule has 0 saturated carbocycles. The summed E-state index contributed by atoms with van der Waals surface area (Å²) in [5, 5.41) is -0.296. The minimum absolute atomic E-state index is 0.158. The SMILES string of the molecule is CCc1ccccc1-n1c(C(C)N(C)C(=O)C(Cl)c2ccccc2)nc2ccccc2c1=O. The van der Waals surface area contributed by atoms with Gasteiger partial charge >= 0.3 is 0 Å². The molecule has 168 valence electrons. The molecule has 0 fully saturated rings. The Morgan fingerprint density at radius 2 is 1.64 bits per heavy atom. The van der Waals surface area contributed by atoms with Crippen LogP contribution in [0.25, 0.3) is 16.6 Å². The molecule has 3 aromatic carbocycles. The summed E-state index contributed by atoms with van der Waals surface area (Å²) in [6, 6.07) is 23.8. The minimum Gasteiger partial charge on any atom is -0.334 e. The maximum absolute atomic E-state index is 13.7. The number of para-hydroxylation sites is 2. The molecule has 2 atom stereocenters. The lowest BCUT2D eigenvalue weighted by Gasteiger charge is -2.29. The Labute approximate surface area is 198 Å². The van der Waals surface area contributed by atoms with E-state index in [2.05, 4.69) is 6.92 Å². The van der Waals surface area contributed by atoms with Crippen LogP contribution < -0.4 is 5.56 Å². The number of alkyl halides is 1. The molecule has 33 heavy (non-hydrogen) atoms. The summed E-state index contributed by atoms with van der Waals surface area (Å²) in [7, 11) is 1.70. The Morgan fingerprint density at radius 1 is 1.00 bits per heavy atom. The van der Waals surface area contributed by atoms with Crippen molar-refractivity contribution in [3.8, 4) is 5.69 Å². The van der Waals surface area contributed by atoms with Crippen LogP contribution in [0, 0.1) is 0 Å². The molecule has 0 N–H and O–H groups in total. The topological polar surface area (TPSA) is 55.2 Å². The number of hydrogen-bond donors (Lipinski definition) is 0. The highest BCUT2D eigenvalue weighted by atomic mass is 35.5. The number of benzene rings is 3. The molecule has 0 saturated heterocycles. The molecule has 0 spiro atoms. The zero-order chi connectivity index (χ0) is 23.5. The zero-order valence-electron chi connectivity index (χ0n) is 18.9. The molecule has 0 aliphatic rings. The van der Waals surface area contributed by atoms with Gasteiger partial charge in [-0.15, -0.1) is 11.6 Å². The van der Waals surface area contributed by atoms with Crippen molar-refractivity contribution in [3.05, 3.63) is 106 Å². The largest absolute Gasteiger partial charge is 0.334 e. The van der Waals surface area contributed by atoms with Crippen molar-refractivity contribution in [2.45, 2.75) is 31.7 Å². The maximum atomic E-state index is 13.7. The molecule has 5 nitrogen and oxygen atoms in total. The van der Waals surface area contributed by atoms with Gasteiger partial charge in [-0.25, -0.2) is 4.98 Å². The molecule has 2 unspecified atom stereocenters. The predicted octanol–water partition coefficient (Wildman–Crippen LogP) is 5.45. The highest BCUT2D eigenvalue weighted by Crippen LogP contribution is 2.28. The predicted molar refractivity (Wildman–Crippen MR) is 133 cm³/mol. The molecule has 4 rings (SSSR count). The molecule has 1 aromatic heterocycles. The molecule has 0 radical (unpaired) electrons. The van der Waals surface area contributed by atoms with E-state index in [4.69, 9.17) is 16.6 Å². The van der Waals surface area contributed by atoms with Gasteiger partial charge in [-0.2, -0.15) is 0 Å². The molecule has 1 amide bonds. The van der Waals surface area contributed by atoms with Crippen molar-refractivity contribution in [3.63, 3.8) is 0 Å². The van der Waals surface area contributed by atoms with Gasteiger partial charge in [-0.05, 0) is 42.7 Å². The molecular formula is C27H26ClN3O2. The summed E-state index contributed by atoms with van der Waals surface area (Å²) < 4.78 is 1.64. The van der Waals surface area contributed by atoms with Crippen molar-refractivity contribution < 1.29 is 4.79 Å². The molecule has 0 bridgehead atoms. The minimum atomic E-state index is -0.831. The third-order valence-corrected chi connectivity index (χ3v) is 6.47. The van der Waals surface area contributed by atoms with Crippen LogP contribution in [0.2, 0.25) is 0 Å². The van der Waals surface area contributed by atoms with E-state index in [1.807, 2.05) is 79.7 Å². The van der Waals surface area contributed by atoms with E-state index in [1.54, 1.807) is 22.6 Å². The fourth-order valence-electron chi connectivity index (χ4n) is 4.00. The summed E-state index contributed by atoms with van der Waals surface area (Å²) in [5.41, 5.74) is 2.97. The number of nitrogens with zero attached hydrogens (tertiary/aromatic N) is 3. The summed E-state index contributed by atoms with van der Waals surface area (Å²) in [6.45, 7) is 3.92. The monoisotopic (exact) mass is 459 g/mol. The quantitative estimate of drug-likeness (QED) is 0.360. The van der Waals surface area contributed by atoms with Gasteiger partial charge in [0.15, 0.2) is 0 Å². The van der Waals surface area contributed by atoms with Crippen LogP contribution in [-0.4, -0.2) is 27.4 Å². The standard InChI is InChI=1S/C27H26ClN3O2/c1-4-19-12-8-11-17-23(19)31-25(29-22-16-10-9-15-21(22)26(31)32)18(2)30(3)27(33)24(28)20-13-6-5-7-14-20/h5-18,24H,4H2,1-3H3. The third kappa shape index (κ3) is 4.29. The van der Waals surface area contributed by atoms with Gasteiger partial charge < -0.3 is 4.90 Å². The highest BCUT2D eigenvalue weighted by molar-refractivity contribution is 6.30. The van der Waals surface area contributed by atoms with Crippen LogP contribution in [0.15, 0.2) is 83.7 Å². The van der Waals surface area contributed by atoms with Gasteiger partial charge in [0.05, 0.1) is 22.6 Å². The van der Waals surface area contributed by atoms with Crippen molar-refractivity contribution in [1.82, 2.24) is 14.5 Å². The van der Waals surface area contributed by atoms with Gasteiger partial charge in [-0.1, -0.05) is 67.6 Å². The van der Waals surface area contributed by atoms with E-state index in [9.17, 15) is 9.59 Å². The number of halogens is 1. The van der Waals surface area contributed by atoms with E-state index in [0.717, 1.165) is 23.2 Å². The summed E-state index contributed by atoms with van der Waals surface area (Å²) in [6.07, 6.45) is 0.760. The fourth-order valence-corrected chi connectivity index (χ4v) is 4.30. The molecule has 4 aromatic rings. The second-order valence-electron chi connectivity index (χ2n) is 8.01. The second-order valence-corrected chi connectivity index (χ2v) is 8.44. The van der Waals surface area contributed by atoms with Crippen LogP contribution in [0.4, 0.5) is 0 Å². The average molecular weight is 460 g/mol. The third-order valence-electron chi connectivity index (χ3n) is 6.03. The number of carbonyl (C=O) groups is 1. The van der Waals surface area contributed by atoms with Gasteiger partial charge in [0.1, 0.15) is 11.2 Å². The Bertz CT molecular complexity index is 1350. The Kier molecular flexibility index (Phi) is 6.61. The summed E-state index contributed by atoms with van der Waals surface area (Å²) >= 11 is 6.53. The first-order valence-electron chi connectivity index (χ1n) is 11.0. The van der Waals surface area contributed by atoms with Crippen LogP contribution in [0.5, 0.6) is 0 Å². The van der Waals surface area contributed by atoms with Gasteiger partial charge in [0.2, 0.25) is 5.91 Å². The van der Waals surface area contributed by atoms with E-state index in [-0.39, 0.29) is 11.5 Å². The summed E-state index contributed by atoms with van der Waals surface area (Å²) in [4.78, 5) is 33.3. The van der Waals surface area contributed by atoms with Crippen molar-refractivity contribution in [1.29, 1.82) is 0 Å². The van der Waals surface area contributed by atoms with Gasteiger partial charge in [0.25, 0.3) is 5.56 Å². The first kappa shape index (κ1) is 22.7. The lowest BCUT2D eigenvalue weighted by molar-refractivity contribution is -0.131. The maximum Gasteiger partial charge on any atom is 0.266 e. The normalized spacial score (nSPS) is 13.0. The van der Waals surface area contributed by atoms with Crippen LogP contribution in [-0.2, 0) is 11.2 Å². The number of rotatable bonds is 6. The number of amides is 1. The van der Waals surface area contributed by atoms with E-state index in [1.165, 1.54) is 0 Å². The van der Waals surface area contributed by atoms with E-state index in [0.29, 0.717) is 16.7 Å². The Hall–Kier alpha value is -3.44. The molecular weight excluding hydrogens is 434 g/mol. The molecule has 0 aliphatic heterocycles. The Morgan fingerprint density at radius 3 is 2.36 bits per heavy atom. The first-order chi connectivity index (χ1) is 15.9. The van der Waals surface area contributed by atoms with E-state index < -0.39 is 11.4 Å². The molecule has 1 heterocycles. The lowest BCUT2D eigenvalue weighted by atomic mass is 10.1. The van der Waals surface area contributed by atoms with Crippen molar-refractivity contribution in [2.24, 2.45) is 0 Å². The van der Waals surface area contributed by atoms with Crippen molar-refractivity contribution >= 4 is 28.4 Å². The van der Waals surface area contributed by atoms with Crippen LogP contribution in [0.3, 0.4) is 0 Å². The summed E-state index contributed by atoms with van der Waals surface area (Å²) in [5.74, 6) is 0.237. The van der Waals surface area contributed by atoms with E-state index >= 15 is 0 Å². The Balaban J connectivity index is 1.85. The fraction of sp³-hybridized carbons (Fsp3) is 0.222. The number of fused-ring (bicyclic) bond motifs is 1. The molecule has 6 heteroatoms. The van der Waals surface area contributed by atoms with Crippen LogP contribution >= 0.6 is 11.6 Å². The average Bonchev–Trinajstić information content (AvgIpc) is 2.87. The van der Waals surface area contributed by atoms with Gasteiger partial charge in [0, 0.05) is 7.05 Å². The smallest absolute Gasteiger partial charge is 0.266 e. The van der Waals surface area contributed by atoms with Crippen LogP contribution in [0.1, 0.15) is 42.2 Å². The lowest BCUT2D eigenvalue weighted by Crippen LogP contribution is -2.36. The highest BCUT2D eigenvalue weighted by Gasteiger charge is 2.29. The number of aryl methyl sites for hydroxylation is 1. The van der Waals surface area contributed by atoms with Gasteiger partial charge in [-0.3, -0.25) is 14.2 Å². The number of aromatic nitrogens is 2. The second kappa shape index (κ2) is 9.59. The number of hydrogen-bond acceptors (Lipinski definition) is 3. The molecule has 0 aliphatic carbocycles. The first-order valence-corrected chi connectivity index (χ1v) is 11.4. The van der Waals surface area contributed by atoms with Crippen molar-refractivity contribution in [2.75, 3.05) is 7.05 Å².